The summed E-state index contributed by atoms with van der Waals surface area (Å²) in [6, 6.07) is 17.2. The minimum absolute atomic E-state index is 0.268. The maximum atomic E-state index is 5.78. The highest BCUT2D eigenvalue weighted by atomic mass is 16.5. The lowest BCUT2D eigenvalue weighted by Crippen LogP contribution is -2.06. The van der Waals surface area contributed by atoms with E-state index >= 15 is 0 Å². The summed E-state index contributed by atoms with van der Waals surface area (Å²) in [6.45, 7) is 0.268. The van der Waals surface area contributed by atoms with Crippen LogP contribution in [0.15, 0.2) is 67.3 Å². The molecule has 0 unspecified atom stereocenters. The molecule has 2 heterocycles. The van der Waals surface area contributed by atoms with E-state index in [0.717, 1.165) is 17.1 Å². The lowest BCUT2D eigenvalue weighted by Gasteiger charge is -2.07. The number of nitrogens with zero attached hydrogens (tertiary/aromatic N) is 7. The van der Waals surface area contributed by atoms with Crippen molar-refractivity contribution in [3.8, 4) is 17.1 Å². The van der Waals surface area contributed by atoms with E-state index in [4.69, 9.17) is 4.74 Å². The quantitative estimate of drug-likeness (QED) is 0.558. The minimum Gasteiger partial charge on any atom is -0.486 e. The van der Waals surface area contributed by atoms with Crippen LogP contribution in [0.5, 0.6) is 5.75 Å². The van der Waals surface area contributed by atoms with E-state index in [1.165, 1.54) is 6.33 Å². The third kappa shape index (κ3) is 2.84. The van der Waals surface area contributed by atoms with Crippen LogP contribution in [0.3, 0.4) is 0 Å². The molecule has 0 aliphatic carbocycles. The molecule has 0 bridgehead atoms. The van der Waals surface area contributed by atoms with Crippen LogP contribution in [0, 0.1) is 0 Å². The van der Waals surface area contributed by atoms with Crippen LogP contribution in [0.25, 0.3) is 11.4 Å². The summed E-state index contributed by atoms with van der Waals surface area (Å²) in [5.41, 5.74) is 1.80. The molecule has 0 N–H and O–H groups in total. The van der Waals surface area contributed by atoms with Gasteiger partial charge >= 0.3 is 0 Å². The number of tetrazole rings is 1. The van der Waals surface area contributed by atoms with Gasteiger partial charge in [-0.3, -0.25) is 0 Å². The molecule has 0 atom stereocenters. The van der Waals surface area contributed by atoms with Gasteiger partial charge in [0.05, 0.1) is 11.4 Å². The molecule has 0 aliphatic heterocycles. The summed E-state index contributed by atoms with van der Waals surface area (Å²) in [5, 5.41) is 15.8. The van der Waals surface area contributed by atoms with Gasteiger partial charge in [0, 0.05) is 0 Å². The van der Waals surface area contributed by atoms with Crippen LogP contribution in [0.4, 0.5) is 0 Å². The van der Waals surface area contributed by atoms with Crippen LogP contribution >= 0.6 is 0 Å². The third-order valence-corrected chi connectivity index (χ3v) is 3.42. The predicted molar refractivity (Wildman–Crippen MR) is 84.8 cm³/mol. The number of hydrogen-bond donors (Lipinski definition) is 0. The van der Waals surface area contributed by atoms with Gasteiger partial charge in [0.25, 0.3) is 0 Å². The molecular weight excluding hydrogens is 306 g/mol. The van der Waals surface area contributed by atoms with Crippen molar-refractivity contribution >= 4 is 0 Å². The van der Waals surface area contributed by atoms with Crippen molar-refractivity contribution < 1.29 is 4.74 Å². The fraction of sp³-hybridized carbons (Fsp3) is 0.0625. The fourth-order valence-corrected chi connectivity index (χ4v) is 2.25. The molecule has 0 aliphatic rings. The first kappa shape index (κ1) is 14.1. The SMILES string of the molecule is c1ccc(-n2nnnc2COc2ccc(-n3cncn3)cc2)cc1. The Kier molecular flexibility index (Phi) is 3.69. The zero-order valence-corrected chi connectivity index (χ0v) is 12.6. The second-order valence-electron chi connectivity index (χ2n) is 4.97. The molecule has 2 aromatic carbocycles. The summed E-state index contributed by atoms with van der Waals surface area (Å²) in [6.07, 6.45) is 3.14. The van der Waals surface area contributed by atoms with Gasteiger partial charge in [-0.1, -0.05) is 18.2 Å². The average molecular weight is 319 g/mol. The Labute approximate surface area is 137 Å². The van der Waals surface area contributed by atoms with Gasteiger partial charge in [0.1, 0.15) is 25.0 Å². The van der Waals surface area contributed by atoms with Gasteiger partial charge in [-0.25, -0.2) is 9.67 Å². The van der Waals surface area contributed by atoms with E-state index in [9.17, 15) is 0 Å². The van der Waals surface area contributed by atoms with Gasteiger partial charge < -0.3 is 4.74 Å². The largest absolute Gasteiger partial charge is 0.486 e. The smallest absolute Gasteiger partial charge is 0.194 e. The lowest BCUT2D eigenvalue weighted by atomic mass is 10.3. The first-order chi connectivity index (χ1) is 11.9. The Morgan fingerprint density at radius 2 is 1.75 bits per heavy atom. The molecule has 0 spiro atoms. The van der Waals surface area contributed by atoms with E-state index in [2.05, 4.69) is 25.6 Å². The van der Waals surface area contributed by atoms with Crippen LogP contribution in [-0.2, 0) is 6.61 Å². The second kappa shape index (κ2) is 6.29. The van der Waals surface area contributed by atoms with E-state index in [1.807, 2.05) is 54.6 Å². The van der Waals surface area contributed by atoms with Gasteiger partial charge in [-0.2, -0.15) is 9.78 Å². The molecule has 0 fully saturated rings. The highest BCUT2D eigenvalue weighted by Crippen LogP contribution is 2.16. The minimum atomic E-state index is 0.268. The first-order valence-electron chi connectivity index (χ1n) is 7.31. The van der Waals surface area contributed by atoms with E-state index in [1.54, 1.807) is 15.7 Å². The summed E-state index contributed by atoms with van der Waals surface area (Å²) in [7, 11) is 0. The molecule has 8 heteroatoms. The predicted octanol–water partition coefficient (Wildman–Crippen LogP) is 1.82. The number of ether oxygens (including phenoxy) is 1. The second-order valence-corrected chi connectivity index (χ2v) is 4.97. The van der Waals surface area contributed by atoms with Crippen LogP contribution < -0.4 is 4.74 Å². The van der Waals surface area contributed by atoms with E-state index in [0.29, 0.717) is 5.82 Å². The zero-order chi connectivity index (χ0) is 16.2. The van der Waals surface area contributed by atoms with Gasteiger partial charge in [0.2, 0.25) is 0 Å². The molecule has 4 rings (SSSR count). The molecule has 118 valence electrons. The van der Waals surface area contributed by atoms with Crippen LogP contribution in [0.1, 0.15) is 5.82 Å². The van der Waals surface area contributed by atoms with Crippen molar-refractivity contribution in [2.75, 3.05) is 0 Å². The number of benzene rings is 2. The standard InChI is InChI=1S/C16H13N7O/c1-2-4-14(5-3-1)23-16(19-20-21-23)10-24-15-8-6-13(7-9-15)22-12-17-11-18-22/h1-9,11-12H,10H2. The Balaban J connectivity index is 1.47. The van der Waals surface area contributed by atoms with Gasteiger partial charge in [-0.15, -0.1) is 5.10 Å². The third-order valence-electron chi connectivity index (χ3n) is 3.42. The highest BCUT2D eigenvalue weighted by Gasteiger charge is 2.08. The Hall–Kier alpha value is -3.55. The van der Waals surface area contributed by atoms with Crippen molar-refractivity contribution in [3.05, 3.63) is 73.1 Å². The molecule has 24 heavy (non-hydrogen) atoms. The molecule has 0 saturated carbocycles. The molecule has 0 amide bonds. The number of para-hydroxylation sites is 1. The Morgan fingerprint density at radius 1 is 0.917 bits per heavy atom. The normalized spacial score (nSPS) is 10.7. The van der Waals surface area contributed by atoms with Crippen molar-refractivity contribution in [3.63, 3.8) is 0 Å². The summed E-state index contributed by atoms with van der Waals surface area (Å²) in [4.78, 5) is 3.93. The molecular formula is C16H13N7O. The monoisotopic (exact) mass is 319 g/mol. The Morgan fingerprint density at radius 3 is 2.50 bits per heavy atom. The van der Waals surface area contributed by atoms with Crippen molar-refractivity contribution in [1.29, 1.82) is 0 Å². The van der Waals surface area contributed by atoms with Crippen molar-refractivity contribution in [2.24, 2.45) is 0 Å². The number of rotatable bonds is 5. The molecule has 4 aromatic rings. The number of hydrogen-bond acceptors (Lipinski definition) is 6. The van der Waals surface area contributed by atoms with E-state index in [-0.39, 0.29) is 6.61 Å². The summed E-state index contributed by atoms with van der Waals surface area (Å²) >= 11 is 0. The van der Waals surface area contributed by atoms with Gasteiger partial charge in [0.15, 0.2) is 5.82 Å². The van der Waals surface area contributed by atoms with Crippen molar-refractivity contribution in [2.45, 2.75) is 6.61 Å². The lowest BCUT2D eigenvalue weighted by molar-refractivity contribution is 0.292. The fourth-order valence-electron chi connectivity index (χ4n) is 2.25. The highest BCUT2D eigenvalue weighted by molar-refractivity contribution is 5.36. The topological polar surface area (TPSA) is 83.5 Å². The molecule has 2 aromatic heterocycles. The van der Waals surface area contributed by atoms with E-state index < -0.39 is 0 Å². The van der Waals surface area contributed by atoms with Crippen LogP contribution in [0.2, 0.25) is 0 Å². The maximum Gasteiger partial charge on any atom is 0.194 e. The summed E-state index contributed by atoms with van der Waals surface area (Å²) in [5.74, 6) is 1.35. The molecule has 0 radical (unpaired) electrons. The van der Waals surface area contributed by atoms with Gasteiger partial charge in [-0.05, 0) is 46.8 Å². The maximum absolute atomic E-state index is 5.78. The first-order valence-corrected chi connectivity index (χ1v) is 7.31. The molecule has 8 nitrogen and oxygen atoms in total. The molecule has 0 saturated heterocycles. The number of aromatic nitrogens is 7. The van der Waals surface area contributed by atoms with Crippen LogP contribution in [-0.4, -0.2) is 35.0 Å². The Bertz CT molecular complexity index is 901. The summed E-state index contributed by atoms with van der Waals surface area (Å²) < 4.78 is 9.11. The van der Waals surface area contributed by atoms with Crippen molar-refractivity contribution in [1.82, 2.24) is 35.0 Å². The average Bonchev–Trinajstić information content (AvgIpc) is 3.33. The zero-order valence-electron chi connectivity index (χ0n) is 12.6.